The third-order valence-electron chi connectivity index (χ3n) is 4.97. The lowest BCUT2D eigenvalue weighted by Gasteiger charge is -2.31. The highest BCUT2D eigenvalue weighted by atomic mass is 79.9. The second kappa shape index (κ2) is 3.13. The van der Waals surface area contributed by atoms with Crippen LogP contribution >= 0.6 is 15.9 Å². The molecule has 2 nitrogen and oxygen atoms in total. The first-order chi connectivity index (χ1) is 8.54. The lowest BCUT2D eigenvalue weighted by molar-refractivity contribution is 0.301. The van der Waals surface area contributed by atoms with Gasteiger partial charge < -0.3 is 0 Å². The van der Waals surface area contributed by atoms with Crippen molar-refractivity contribution in [3.63, 3.8) is 0 Å². The van der Waals surface area contributed by atoms with Crippen LogP contribution in [0.5, 0.6) is 0 Å². The summed E-state index contributed by atoms with van der Waals surface area (Å²) in [6.45, 7) is 4.68. The highest BCUT2D eigenvalue weighted by Crippen LogP contribution is 2.69. The fourth-order valence-electron chi connectivity index (χ4n) is 3.75. The Morgan fingerprint density at radius 2 is 1.83 bits per heavy atom. The van der Waals surface area contributed by atoms with Gasteiger partial charge in [0, 0.05) is 5.92 Å². The fraction of sp³-hybridized carbons (Fsp3) is 0.467. The maximum Gasteiger partial charge on any atom is 0.0891 e. The smallest absolute Gasteiger partial charge is 0.0891 e. The van der Waals surface area contributed by atoms with Gasteiger partial charge in [-0.3, -0.25) is 0 Å². The van der Waals surface area contributed by atoms with E-state index in [1.54, 1.807) is 0 Å². The first-order valence-electron chi connectivity index (χ1n) is 6.50. The maximum atomic E-state index is 4.90. The van der Waals surface area contributed by atoms with E-state index in [0.29, 0.717) is 5.92 Å². The third-order valence-corrected chi connectivity index (χ3v) is 6.77. The number of aromatic nitrogens is 2. The van der Waals surface area contributed by atoms with Crippen LogP contribution in [0.1, 0.15) is 44.0 Å². The number of para-hydroxylation sites is 2. The average molecular weight is 303 g/mol. The molecule has 0 unspecified atom stereocenters. The number of nitrogens with zero attached hydrogens (tertiary/aromatic N) is 2. The molecule has 2 aromatic rings. The molecule has 0 spiro atoms. The SMILES string of the molecule is CC1(C)[C@H]2CC[C@]1(Br)c1nc3ccccc3nc12. The van der Waals surface area contributed by atoms with Crippen molar-refractivity contribution >= 4 is 27.0 Å². The maximum absolute atomic E-state index is 4.90. The molecule has 18 heavy (non-hydrogen) atoms. The number of hydrogen-bond donors (Lipinski definition) is 0. The Bertz CT molecular complexity index is 665. The molecular weight excluding hydrogens is 288 g/mol. The summed E-state index contributed by atoms with van der Waals surface area (Å²) < 4.78 is 0.0248. The second-order valence-electron chi connectivity index (χ2n) is 6.06. The Labute approximate surface area is 115 Å². The van der Waals surface area contributed by atoms with E-state index in [0.717, 1.165) is 11.0 Å². The first-order valence-corrected chi connectivity index (χ1v) is 7.29. The summed E-state index contributed by atoms with van der Waals surface area (Å²) in [4.78, 5) is 9.78. The van der Waals surface area contributed by atoms with Crippen molar-refractivity contribution < 1.29 is 0 Å². The molecule has 0 N–H and O–H groups in total. The van der Waals surface area contributed by atoms with Crippen molar-refractivity contribution in [1.29, 1.82) is 0 Å². The van der Waals surface area contributed by atoms with Gasteiger partial charge in [-0.25, -0.2) is 9.97 Å². The number of hydrogen-bond acceptors (Lipinski definition) is 2. The van der Waals surface area contributed by atoms with E-state index >= 15 is 0 Å². The molecule has 2 aliphatic carbocycles. The topological polar surface area (TPSA) is 25.8 Å². The highest BCUT2D eigenvalue weighted by Gasteiger charge is 2.62. The number of rotatable bonds is 0. The molecule has 1 saturated carbocycles. The number of halogens is 1. The van der Waals surface area contributed by atoms with Crippen LogP contribution in [-0.2, 0) is 4.32 Å². The standard InChI is InChI=1S/C15H15BrN2/c1-14(2)9-7-8-15(14,16)13-12(9)17-10-5-3-4-6-11(10)18-13/h3-6,9H,7-8H2,1-2H3/t9-,15-/m0/s1. The van der Waals surface area contributed by atoms with E-state index in [2.05, 4.69) is 41.9 Å². The molecule has 0 amide bonds. The molecular formula is C15H15BrN2. The van der Waals surface area contributed by atoms with Crippen LogP contribution in [0.2, 0.25) is 0 Å². The van der Waals surface area contributed by atoms with Gasteiger partial charge in [0.2, 0.25) is 0 Å². The Morgan fingerprint density at radius 1 is 1.17 bits per heavy atom. The molecule has 92 valence electrons. The van der Waals surface area contributed by atoms with E-state index < -0.39 is 0 Å². The largest absolute Gasteiger partial charge is 0.249 e. The molecule has 1 fully saturated rings. The molecule has 1 aromatic carbocycles. The molecule has 1 aromatic heterocycles. The van der Waals surface area contributed by atoms with Gasteiger partial charge in [0.15, 0.2) is 0 Å². The van der Waals surface area contributed by atoms with Gasteiger partial charge in [0.1, 0.15) is 0 Å². The molecule has 2 bridgehead atoms. The van der Waals surface area contributed by atoms with Crippen molar-refractivity contribution in [2.75, 3.05) is 0 Å². The van der Waals surface area contributed by atoms with E-state index in [1.807, 2.05) is 12.1 Å². The van der Waals surface area contributed by atoms with Crippen LogP contribution in [0.4, 0.5) is 0 Å². The van der Waals surface area contributed by atoms with Crippen molar-refractivity contribution in [1.82, 2.24) is 9.97 Å². The quantitative estimate of drug-likeness (QED) is 0.684. The Kier molecular flexibility index (Phi) is 1.90. The van der Waals surface area contributed by atoms with Gasteiger partial charge >= 0.3 is 0 Å². The zero-order chi connectivity index (χ0) is 12.5. The zero-order valence-corrected chi connectivity index (χ0v) is 12.2. The predicted molar refractivity (Wildman–Crippen MR) is 75.9 cm³/mol. The van der Waals surface area contributed by atoms with Crippen molar-refractivity contribution in [2.45, 2.75) is 36.9 Å². The average Bonchev–Trinajstić information content (AvgIpc) is 2.68. The minimum atomic E-state index is 0.0248. The summed E-state index contributed by atoms with van der Waals surface area (Å²) in [5, 5.41) is 0. The van der Waals surface area contributed by atoms with Crippen LogP contribution in [0.15, 0.2) is 24.3 Å². The van der Waals surface area contributed by atoms with E-state index in [9.17, 15) is 0 Å². The minimum absolute atomic E-state index is 0.0248. The highest BCUT2D eigenvalue weighted by molar-refractivity contribution is 9.09. The summed E-state index contributed by atoms with van der Waals surface area (Å²) in [6, 6.07) is 8.18. The summed E-state index contributed by atoms with van der Waals surface area (Å²) >= 11 is 3.99. The second-order valence-corrected chi connectivity index (χ2v) is 7.41. The Hall–Kier alpha value is -0.960. The number of fused-ring (bicyclic) bond motifs is 6. The number of alkyl halides is 1. The van der Waals surface area contributed by atoms with Gasteiger partial charge in [-0.05, 0) is 30.4 Å². The van der Waals surface area contributed by atoms with Crippen LogP contribution in [0.3, 0.4) is 0 Å². The Balaban J connectivity index is 2.08. The molecule has 0 radical (unpaired) electrons. The van der Waals surface area contributed by atoms with Gasteiger partial charge in [0.05, 0.1) is 26.7 Å². The Morgan fingerprint density at radius 3 is 2.56 bits per heavy atom. The van der Waals surface area contributed by atoms with E-state index in [1.165, 1.54) is 24.2 Å². The van der Waals surface area contributed by atoms with Crippen molar-refractivity contribution in [3.05, 3.63) is 35.7 Å². The van der Waals surface area contributed by atoms with Crippen LogP contribution in [0, 0.1) is 5.41 Å². The molecule has 3 heteroatoms. The first kappa shape index (κ1) is 10.9. The van der Waals surface area contributed by atoms with E-state index in [4.69, 9.17) is 9.97 Å². The van der Waals surface area contributed by atoms with Crippen molar-refractivity contribution in [3.8, 4) is 0 Å². The zero-order valence-electron chi connectivity index (χ0n) is 10.6. The normalized spacial score (nSPS) is 31.8. The monoisotopic (exact) mass is 302 g/mol. The molecule has 4 rings (SSSR count). The lowest BCUT2D eigenvalue weighted by Crippen LogP contribution is -2.28. The predicted octanol–water partition coefficient (Wildman–Crippen LogP) is 4.14. The summed E-state index contributed by atoms with van der Waals surface area (Å²) in [6.07, 6.45) is 2.39. The molecule has 1 heterocycles. The van der Waals surface area contributed by atoms with Gasteiger partial charge in [-0.2, -0.15) is 0 Å². The van der Waals surface area contributed by atoms with Gasteiger partial charge in [-0.15, -0.1) is 0 Å². The van der Waals surface area contributed by atoms with Gasteiger partial charge in [-0.1, -0.05) is 41.9 Å². The fourth-order valence-corrected chi connectivity index (χ4v) is 4.55. The summed E-state index contributed by atoms with van der Waals surface area (Å²) in [5.74, 6) is 0.545. The summed E-state index contributed by atoms with van der Waals surface area (Å²) in [5.41, 5.74) is 4.66. The number of benzene rings is 1. The molecule has 2 aliphatic rings. The minimum Gasteiger partial charge on any atom is -0.249 e. The van der Waals surface area contributed by atoms with E-state index in [-0.39, 0.29) is 9.74 Å². The van der Waals surface area contributed by atoms with Gasteiger partial charge in [0.25, 0.3) is 0 Å². The van der Waals surface area contributed by atoms with Crippen LogP contribution < -0.4 is 0 Å². The van der Waals surface area contributed by atoms with Crippen molar-refractivity contribution in [2.24, 2.45) is 5.41 Å². The lowest BCUT2D eigenvalue weighted by atomic mass is 9.81. The third kappa shape index (κ3) is 1.05. The van der Waals surface area contributed by atoms with Crippen LogP contribution in [-0.4, -0.2) is 9.97 Å². The molecule has 0 aliphatic heterocycles. The van der Waals surface area contributed by atoms with Crippen LogP contribution in [0.25, 0.3) is 11.0 Å². The summed E-state index contributed by atoms with van der Waals surface area (Å²) in [7, 11) is 0. The molecule has 2 atom stereocenters. The molecule has 0 saturated heterocycles.